The molecule has 0 aromatic rings. The molecule has 7 heterocycles. The van der Waals surface area contributed by atoms with Crippen molar-refractivity contribution in [3.8, 4) is 0 Å². The molecule has 0 spiro atoms. The van der Waals surface area contributed by atoms with Crippen molar-refractivity contribution in [2.45, 2.75) is 253 Å². The molecule has 95 heavy (non-hydrogen) atoms. The molecule has 7 saturated heterocycles. The third-order valence-electron chi connectivity index (χ3n) is 17.1. The third-order valence-corrected chi connectivity index (χ3v) is 17.1. The summed E-state index contributed by atoms with van der Waals surface area (Å²) in [6.45, 7) is -7.56. The first kappa shape index (κ1) is 79.7. The minimum atomic E-state index is -2.42. The number of rotatable bonds is 28. The Balaban J connectivity index is 1.21. The molecule has 43 nitrogen and oxygen atoms in total. The van der Waals surface area contributed by atoms with Crippen LogP contribution < -0.4 is 10.6 Å². The summed E-state index contributed by atoms with van der Waals surface area (Å²) in [4.78, 5) is 24.7. The Labute approximate surface area is 537 Å². The largest absolute Gasteiger partial charge is 0.394 e. The van der Waals surface area contributed by atoms with Crippen molar-refractivity contribution in [3.63, 3.8) is 0 Å². The van der Waals surface area contributed by atoms with Gasteiger partial charge in [0.15, 0.2) is 44.0 Å². The lowest BCUT2D eigenvalue weighted by Crippen LogP contribution is -2.69. The maximum Gasteiger partial charge on any atom is 0.217 e. The van der Waals surface area contributed by atoms with Crippen LogP contribution in [0.3, 0.4) is 0 Å². The number of hydrogen-bond donors (Lipinski definition) is 27. The second-order valence-electron chi connectivity index (χ2n) is 23.7. The van der Waals surface area contributed by atoms with Crippen molar-refractivity contribution in [2.24, 2.45) is 0 Å². The van der Waals surface area contributed by atoms with E-state index >= 15 is 0 Å². The summed E-state index contributed by atoms with van der Waals surface area (Å²) < 4.78 is 80.8. The van der Waals surface area contributed by atoms with Gasteiger partial charge in [0, 0.05) is 13.8 Å². The van der Waals surface area contributed by atoms with Gasteiger partial charge in [-0.1, -0.05) is 0 Å². The van der Waals surface area contributed by atoms with Gasteiger partial charge in [-0.05, 0) is 0 Å². The predicted octanol–water partition coefficient (Wildman–Crippen LogP) is -18.5. The standard InChI is InChI=1S/C52H90N2O41/c1-12(62)53-14(3-55)24(65)41(15(64)4-56)91-46-23(54-13(2)63)31(72)42(20(9-61)88-46)92-51-40(81)44(93-49-37(78)33(74)26(67)17(6-58)85-49)30(71)22(90-51)11-83-48-39(80)43(29(70)21(89-48)10-82-47-36(77)32(73)25(66)16(5-57)84-47)94-52-45(35(76)28(69)19(8-60)87-52)95-50-38(79)34(75)27(68)18(7-59)86-50/h14-52,55-61,64-81H,3-11H2,1-2H3,(H,53,62)(H,54,63)/t14-,15+,16+,17+,18+,19+,20+,21+,22+,23+,24+,25+,26+,27+,28+,29+,30+,31+,32-,33-,34-,35-,36-,37-,38-,39-,40-,41+,42+,43-,44-,45-,46-,47-,48-,49+,50+,51-,52+/m0/s1. The number of aliphatic hydroxyl groups is 25. The van der Waals surface area contributed by atoms with Crippen LogP contribution in [0.2, 0.25) is 0 Å². The number of carbonyl (C=O) groups excluding carboxylic acids is 2. The van der Waals surface area contributed by atoms with Crippen molar-refractivity contribution >= 4 is 11.8 Å². The molecule has 39 atom stereocenters. The first-order chi connectivity index (χ1) is 44.9. The smallest absolute Gasteiger partial charge is 0.217 e. The normalized spacial score (nSPS) is 47.3. The van der Waals surface area contributed by atoms with Gasteiger partial charge >= 0.3 is 0 Å². The van der Waals surface area contributed by atoms with E-state index in [1.165, 1.54) is 0 Å². The summed E-state index contributed by atoms with van der Waals surface area (Å²) in [5.41, 5.74) is 0. The van der Waals surface area contributed by atoms with Crippen molar-refractivity contribution < 1.29 is 204 Å². The minimum Gasteiger partial charge on any atom is -0.394 e. The lowest BCUT2D eigenvalue weighted by Gasteiger charge is -2.50. The van der Waals surface area contributed by atoms with Crippen LogP contribution in [-0.2, 0) is 75.9 Å². The van der Waals surface area contributed by atoms with Gasteiger partial charge in [0.25, 0.3) is 0 Å². The number of carbonyl (C=O) groups is 2. The van der Waals surface area contributed by atoms with Crippen LogP contribution in [-0.4, -0.2) is 438 Å². The molecule has 27 N–H and O–H groups in total. The lowest BCUT2D eigenvalue weighted by molar-refractivity contribution is -0.395. The zero-order valence-electron chi connectivity index (χ0n) is 50.6. The van der Waals surface area contributed by atoms with Gasteiger partial charge in [0.2, 0.25) is 11.8 Å². The fourth-order valence-electron chi connectivity index (χ4n) is 11.7. The molecule has 0 unspecified atom stereocenters. The Hall–Kier alpha value is -2.62. The van der Waals surface area contributed by atoms with Crippen molar-refractivity contribution in [1.82, 2.24) is 10.6 Å². The average molecular weight is 1400 g/mol. The molecule has 0 aromatic carbocycles. The lowest BCUT2D eigenvalue weighted by atomic mass is 9.94. The summed E-state index contributed by atoms with van der Waals surface area (Å²) in [7, 11) is 0. The van der Waals surface area contributed by atoms with Gasteiger partial charge in [-0.2, -0.15) is 0 Å². The first-order valence-corrected chi connectivity index (χ1v) is 30.1. The molecule has 0 bridgehead atoms. The highest BCUT2D eigenvalue weighted by molar-refractivity contribution is 5.73. The first-order valence-electron chi connectivity index (χ1n) is 30.1. The number of nitrogens with one attached hydrogen (secondary N) is 2. The van der Waals surface area contributed by atoms with E-state index in [9.17, 15) is 137 Å². The van der Waals surface area contributed by atoms with Crippen molar-refractivity contribution in [3.05, 3.63) is 0 Å². The monoisotopic (exact) mass is 1400 g/mol. The molecule has 43 heteroatoms. The molecule has 2 amide bonds. The van der Waals surface area contributed by atoms with Crippen molar-refractivity contribution in [2.75, 3.05) is 59.5 Å². The van der Waals surface area contributed by atoms with E-state index in [-0.39, 0.29) is 0 Å². The quantitative estimate of drug-likeness (QED) is 0.0346. The Morgan fingerprint density at radius 1 is 0.358 bits per heavy atom. The molecular formula is C52H90N2O41. The SMILES string of the molecule is CC(=O)N[C@H]1[C@H](O[C@@H]([C@H](O)[C@H](CO)NC(C)=O)[C@H](O)CO)O[C@H](CO)[C@@H](O[C@@H]2O[C@H](CO[C@H]3O[C@H](CO[C@H]4O[C@H](CO)[C@@H](O)[C@H](O)[C@@H]4O)[C@@H](O)[C@H](O[C@H]4O[C@H](CO)[C@@H](O)[C@H](O)[C@@H]4O[C@H]4O[C@H](CO)[C@@H](O)[C@H](O)[C@@H]4O)[C@@H]3O)[C@@H](O)[C@H](O[C@H]3O[C@H](CO)[C@@H](O)[C@H](O)[C@@H]3O)[C@@H]2O)[C@@H]1O. The second kappa shape index (κ2) is 35.3. The fourth-order valence-corrected chi connectivity index (χ4v) is 11.7. The van der Waals surface area contributed by atoms with Gasteiger partial charge in [0.05, 0.1) is 65.5 Å². The zero-order chi connectivity index (χ0) is 70.3. The zero-order valence-corrected chi connectivity index (χ0v) is 50.6. The van der Waals surface area contributed by atoms with Crippen LogP contribution in [0.4, 0.5) is 0 Å². The van der Waals surface area contributed by atoms with Crippen LogP contribution in [0.5, 0.6) is 0 Å². The number of aliphatic hydroxyl groups excluding tert-OH is 25. The second-order valence-corrected chi connectivity index (χ2v) is 23.7. The number of hydrogen-bond acceptors (Lipinski definition) is 41. The van der Waals surface area contributed by atoms with E-state index in [4.69, 9.17) is 66.3 Å². The van der Waals surface area contributed by atoms with Crippen LogP contribution >= 0.6 is 0 Å². The fraction of sp³-hybridized carbons (Fsp3) is 0.962. The minimum absolute atomic E-state index is 0.782. The van der Waals surface area contributed by atoms with Crippen LogP contribution in [0, 0.1) is 0 Å². The van der Waals surface area contributed by atoms with Gasteiger partial charge in [0.1, 0.15) is 189 Å². The Bertz CT molecular complexity index is 2330. The Morgan fingerprint density at radius 2 is 0.716 bits per heavy atom. The highest BCUT2D eigenvalue weighted by Crippen LogP contribution is 2.38. The molecule has 7 aliphatic heterocycles. The third kappa shape index (κ3) is 18.0. The molecular weight excluding hydrogens is 1310 g/mol. The van der Waals surface area contributed by atoms with Gasteiger partial charge < -0.3 is 205 Å². The molecule has 0 radical (unpaired) electrons. The average Bonchev–Trinajstić information content (AvgIpc) is 0.785. The topological polar surface area (TPSA) is 693 Å². The van der Waals surface area contributed by atoms with Gasteiger partial charge in [-0.3, -0.25) is 9.59 Å². The van der Waals surface area contributed by atoms with Crippen LogP contribution in [0.1, 0.15) is 13.8 Å². The molecule has 554 valence electrons. The molecule has 7 rings (SSSR count). The maximum absolute atomic E-state index is 12.7. The highest BCUT2D eigenvalue weighted by Gasteiger charge is 2.59. The number of ether oxygens (including phenoxy) is 14. The van der Waals surface area contributed by atoms with E-state index in [1.807, 2.05) is 0 Å². The summed E-state index contributed by atoms with van der Waals surface area (Å²) in [5, 5.41) is 275. The van der Waals surface area contributed by atoms with E-state index in [1.54, 1.807) is 0 Å². The molecule has 0 aliphatic carbocycles. The van der Waals surface area contributed by atoms with Gasteiger partial charge in [-0.15, -0.1) is 0 Å². The van der Waals surface area contributed by atoms with Crippen LogP contribution in [0.15, 0.2) is 0 Å². The summed E-state index contributed by atoms with van der Waals surface area (Å²) in [6.07, 6.45) is -77.2. The van der Waals surface area contributed by atoms with Gasteiger partial charge in [-0.25, -0.2) is 0 Å². The molecule has 0 saturated carbocycles. The van der Waals surface area contributed by atoms with E-state index in [0.29, 0.717) is 0 Å². The van der Waals surface area contributed by atoms with E-state index in [0.717, 1.165) is 13.8 Å². The van der Waals surface area contributed by atoms with E-state index < -0.39 is 311 Å². The number of amides is 2. The predicted molar refractivity (Wildman–Crippen MR) is 290 cm³/mol. The molecule has 0 aromatic heterocycles. The van der Waals surface area contributed by atoms with Crippen LogP contribution in [0.25, 0.3) is 0 Å². The highest BCUT2D eigenvalue weighted by atomic mass is 16.8. The van der Waals surface area contributed by atoms with Crippen molar-refractivity contribution in [1.29, 1.82) is 0 Å². The van der Waals surface area contributed by atoms with E-state index in [2.05, 4.69) is 10.6 Å². The summed E-state index contributed by atoms with van der Waals surface area (Å²) in [6, 6.07) is -3.50. The Morgan fingerprint density at radius 3 is 1.16 bits per heavy atom. The summed E-state index contributed by atoms with van der Waals surface area (Å²) >= 11 is 0. The Kier molecular flexibility index (Phi) is 29.6. The molecule has 7 aliphatic rings. The molecule has 7 fully saturated rings. The maximum atomic E-state index is 12.7. The summed E-state index contributed by atoms with van der Waals surface area (Å²) in [5.74, 6) is -1.72.